The van der Waals surface area contributed by atoms with Gasteiger partial charge in [-0.15, -0.1) is 0 Å². The summed E-state index contributed by atoms with van der Waals surface area (Å²) < 4.78 is 5.72. The molecule has 0 aliphatic carbocycles. The summed E-state index contributed by atoms with van der Waals surface area (Å²) in [6.07, 6.45) is 2.34. The summed E-state index contributed by atoms with van der Waals surface area (Å²) in [5.74, 6) is 2.42. The van der Waals surface area contributed by atoms with Crippen LogP contribution in [0.25, 0.3) is 0 Å². The molecular formula is C16H26N2O. The Kier molecular flexibility index (Phi) is 5.67. The quantitative estimate of drug-likeness (QED) is 0.800. The van der Waals surface area contributed by atoms with E-state index in [1.807, 2.05) is 30.3 Å². The molecule has 1 aliphatic rings. The highest BCUT2D eigenvalue weighted by atomic mass is 16.5. The van der Waals surface area contributed by atoms with Crippen LogP contribution in [0.15, 0.2) is 30.3 Å². The van der Waals surface area contributed by atoms with E-state index in [1.54, 1.807) is 0 Å². The van der Waals surface area contributed by atoms with Gasteiger partial charge < -0.3 is 15.4 Å². The van der Waals surface area contributed by atoms with Gasteiger partial charge in [0.15, 0.2) is 0 Å². The number of hydrogen-bond donors (Lipinski definition) is 1. The molecule has 2 N–H and O–H groups in total. The molecule has 2 rings (SSSR count). The fourth-order valence-corrected chi connectivity index (χ4v) is 2.83. The molecular weight excluding hydrogens is 236 g/mol. The van der Waals surface area contributed by atoms with Gasteiger partial charge in [-0.3, -0.25) is 0 Å². The minimum Gasteiger partial charge on any atom is -0.494 e. The van der Waals surface area contributed by atoms with Gasteiger partial charge in [0, 0.05) is 13.1 Å². The smallest absolute Gasteiger partial charge is 0.119 e. The lowest BCUT2D eigenvalue weighted by Gasteiger charge is -2.36. The maximum atomic E-state index is 5.79. The van der Waals surface area contributed by atoms with E-state index in [0.717, 1.165) is 43.7 Å². The molecule has 1 aliphatic heterocycles. The first-order chi connectivity index (χ1) is 9.29. The van der Waals surface area contributed by atoms with Crippen LogP contribution in [0.2, 0.25) is 0 Å². The first kappa shape index (κ1) is 14.4. The predicted octanol–water partition coefficient (Wildman–Crippen LogP) is 2.37. The van der Waals surface area contributed by atoms with Crippen molar-refractivity contribution >= 4 is 0 Å². The van der Waals surface area contributed by atoms with E-state index in [0.29, 0.717) is 0 Å². The number of benzene rings is 1. The van der Waals surface area contributed by atoms with Gasteiger partial charge in [-0.2, -0.15) is 0 Å². The van der Waals surface area contributed by atoms with Gasteiger partial charge >= 0.3 is 0 Å². The van der Waals surface area contributed by atoms with Crippen molar-refractivity contribution in [3.8, 4) is 5.75 Å². The van der Waals surface area contributed by atoms with E-state index in [2.05, 4.69) is 11.8 Å². The molecule has 19 heavy (non-hydrogen) atoms. The molecule has 3 nitrogen and oxygen atoms in total. The zero-order chi connectivity index (χ0) is 13.5. The molecule has 2 unspecified atom stereocenters. The molecule has 1 aromatic carbocycles. The van der Waals surface area contributed by atoms with Crippen LogP contribution in [0.5, 0.6) is 5.75 Å². The molecule has 3 heteroatoms. The number of ether oxygens (including phenoxy) is 1. The van der Waals surface area contributed by atoms with Crippen molar-refractivity contribution in [1.29, 1.82) is 0 Å². The Balaban J connectivity index is 1.61. The van der Waals surface area contributed by atoms with Crippen molar-refractivity contribution in [2.24, 2.45) is 17.6 Å². The minimum atomic E-state index is 0.719. The average molecular weight is 262 g/mol. The van der Waals surface area contributed by atoms with Crippen LogP contribution in [0, 0.1) is 11.8 Å². The second kappa shape index (κ2) is 7.51. The van der Waals surface area contributed by atoms with E-state index in [4.69, 9.17) is 10.5 Å². The van der Waals surface area contributed by atoms with E-state index < -0.39 is 0 Å². The summed E-state index contributed by atoms with van der Waals surface area (Å²) in [7, 11) is 0. The van der Waals surface area contributed by atoms with Gasteiger partial charge in [0.05, 0.1) is 6.61 Å². The number of rotatable bonds is 6. The van der Waals surface area contributed by atoms with Crippen molar-refractivity contribution in [3.63, 3.8) is 0 Å². The second-order valence-electron chi connectivity index (χ2n) is 5.58. The van der Waals surface area contributed by atoms with Crippen molar-refractivity contribution in [1.82, 2.24) is 4.90 Å². The number of hydrogen-bond acceptors (Lipinski definition) is 3. The van der Waals surface area contributed by atoms with E-state index in [1.165, 1.54) is 19.5 Å². The van der Waals surface area contributed by atoms with Crippen molar-refractivity contribution in [3.05, 3.63) is 30.3 Å². The van der Waals surface area contributed by atoms with E-state index in [-0.39, 0.29) is 0 Å². The lowest BCUT2D eigenvalue weighted by Crippen LogP contribution is -2.42. The monoisotopic (exact) mass is 262 g/mol. The Morgan fingerprint density at radius 3 is 2.79 bits per heavy atom. The van der Waals surface area contributed by atoms with Crippen molar-refractivity contribution < 1.29 is 4.74 Å². The maximum absolute atomic E-state index is 5.79. The van der Waals surface area contributed by atoms with E-state index >= 15 is 0 Å². The molecule has 1 saturated heterocycles. The Morgan fingerprint density at radius 2 is 2.11 bits per heavy atom. The van der Waals surface area contributed by atoms with Crippen LogP contribution in [0.1, 0.15) is 19.8 Å². The highest BCUT2D eigenvalue weighted by Crippen LogP contribution is 2.22. The SMILES string of the molecule is CC1CN(CCCOc2ccccc2)CCC1CN. The lowest BCUT2D eigenvalue weighted by atomic mass is 9.87. The Hall–Kier alpha value is -1.06. The lowest BCUT2D eigenvalue weighted by molar-refractivity contribution is 0.126. The van der Waals surface area contributed by atoms with Crippen LogP contribution in [-0.4, -0.2) is 37.7 Å². The van der Waals surface area contributed by atoms with Gasteiger partial charge in [0.1, 0.15) is 5.75 Å². The summed E-state index contributed by atoms with van der Waals surface area (Å²) in [6, 6.07) is 10.0. The Morgan fingerprint density at radius 1 is 1.32 bits per heavy atom. The first-order valence-electron chi connectivity index (χ1n) is 7.40. The van der Waals surface area contributed by atoms with Gasteiger partial charge in [-0.05, 0) is 49.9 Å². The summed E-state index contributed by atoms with van der Waals surface area (Å²) in [4.78, 5) is 2.55. The van der Waals surface area contributed by atoms with Crippen LogP contribution in [-0.2, 0) is 0 Å². The highest BCUT2D eigenvalue weighted by molar-refractivity contribution is 5.20. The summed E-state index contributed by atoms with van der Waals surface area (Å²) in [5.41, 5.74) is 5.79. The molecule has 0 bridgehead atoms. The number of nitrogens with two attached hydrogens (primary N) is 1. The highest BCUT2D eigenvalue weighted by Gasteiger charge is 2.24. The molecule has 1 aromatic rings. The van der Waals surface area contributed by atoms with Crippen LogP contribution in [0.4, 0.5) is 0 Å². The van der Waals surface area contributed by atoms with Crippen molar-refractivity contribution in [2.45, 2.75) is 19.8 Å². The topological polar surface area (TPSA) is 38.5 Å². The summed E-state index contributed by atoms with van der Waals surface area (Å²) in [6.45, 7) is 7.48. The van der Waals surface area contributed by atoms with Crippen LogP contribution < -0.4 is 10.5 Å². The molecule has 1 fully saturated rings. The number of likely N-dealkylation sites (tertiary alicyclic amines) is 1. The van der Waals surface area contributed by atoms with Gasteiger partial charge in [0.25, 0.3) is 0 Å². The normalized spacial score (nSPS) is 24.3. The number of nitrogens with zero attached hydrogens (tertiary/aromatic N) is 1. The number of para-hydroxylation sites is 1. The van der Waals surface area contributed by atoms with Crippen LogP contribution in [0.3, 0.4) is 0 Å². The first-order valence-corrected chi connectivity index (χ1v) is 7.40. The Bertz CT molecular complexity index is 355. The molecule has 2 atom stereocenters. The van der Waals surface area contributed by atoms with E-state index in [9.17, 15) is 0 Å². The van der Waals surface area contributed by atoms with Gasteiger partial charge in [-0.1, -0.05) is 25.1 Å². The fourth-order valence-electron chi connectivity index (χ4n) is 2.83. The third-order valence-corrected chi connectivity index (χ3v) is 4.10. The standard InChI is InChI=1S/C16H26N2O/c1-14-13-18(10-8-15(14)12-17)9-5-11-19-16-6-3-2-4-7-16/h2-4,6-7,14-15H,5,8-13,17H2,1H3. The van der Waals surface area contributed by atoms with Crippen molar-refractivity contribution in [2.75, 3.05) is 32.8 Å². The minimum absolute atomic E-state index is 0.719. The summed E-state index contributed by atoms with van der Waals surface area (Å²) in [5, 5.41) is 0. The third-order valence-electron chi connectivity index (χ3n) is 4.10. The second-order valence-corrected chi connectivity index (χ2v) is 5.58. The molecule has 0 spiro atoms. The fraction of sp³-hybridized carbons (Fsp3) is 0.625. The molecule has 0 aromatic heterocycles. The molecule has 0 radical (unpaired) electrons. The number of piperidine rings is 1. The predicted molar refractivity (Wildman–Crippen MR) is 79.3 cm³/mol. The maximum Gasteiger partial charge on any atom is 0.119 e. The molecule has 0 amide bonds. The molecule has 1 heterocycles. The summed E-state index contributed by atoms with van der Waals surface area (Å²) >= 11 is 0. The Labute approximate surface area is 116 Å². The van der Waals surface area contributed by atoms with Gasteiger partial charge in [0.2, 0.25) is 0 Å². The van der Waals surface area contributed by atoms with Crippen LogP contribution >= 0.6 is 0 Å². The van der Waals surface area contributed by atoms with Gasteiger partial charge in [-0.25, -0.2) is 0 Å². The molecule has 0 saturated carbocycles. The zero-order valence-electron chi connectivity index (χ0n) is 11.9. The zero-order valence-corrected chi connectivity index (χ0v) is 11.9. The molecule has 106 valence electrons. The largest absolute Gasteiger partial charge is 0.494 e. The third kappa shape index (κ3) is 4.51. The average Bonchev–Trinajstić information content (AvgIpc) is 2.45.